The third kappa shape index (κ3) is 4.65. The van der Waals surface area contributed by atoms with E-state index in [0.29, 0.717) is 18.2 Å². The standard InChI is InChI=1S/C21H24BrN3O3/c1-13(2)16-7-5-14(3)9-20(16)27-12-15-6-8-19(28-15)21(26)23-11-18-17(22)10-24-25(18)4/h5-10,13H,11-12H2,1-4H3,(H,23,26). The van der Waals surface area contributed by atoms with E-state index in [9.17, 15) is 4.79 Å². The Bertz CT molecular complexity index is 956. The first kappa shape index (κ1) is 20.2. The maximum Gasteiger partial charge on any atom is 0.287 e. The molecule has 0 radical (unpaired) electrons. The Morgan fingerprint density at radius 2 is 2.11 bits per heavy atom. The van der Waals surface area contributed by atoms with Gasteiger partial charge < -0.3 is 14.5 Å². The lowest BCUT2D eigenvalue weighted by molar-refractivity contribution is 0.0918. The van der Waals surface area contributed by atoms with Crippen molar-refractivity contribution in [3.63, 3.8) is 0 Å². The highest BCUT2D eigenvalue weighted by Crippen LogP contribution is 2.28. The van der Waals surface area contributed by atoms with E-state index < -0.39 is 0 Å². The van der Waals surface area contributed by atoms with E-state index in [1.807, 2.05) is 20.0 Å². The number of amides is 1. The number of nitrogens with one attached hydrogen (secondary N) is 1. The normalized spacial score (nSPS) is 11.1. The molecule has 0 unspecified atom stereocenters. The summed E-state index contributed by atoms with van der Waals surface area (Å²) in [6.45, 7) is 6.92. The Hall–Kier alpha value is -2.54. The molecule has 0 saturated carbocycles. The number of rotatable bonds is 7. The van der Waals surface area contributed by atoms with Gasteiger partial charge in [0.1, 0.15) is 18.1 Å². The van der Waals surface area contributed by atoms with Gasteiger partial charge in [0, 0.05) is 7.05 Å². The van der Waals surface area contributed by atoms with Crippen LogP contribution in [0.25, 0.3) is 0 Å². The van der Waals surface area contributed by atoms with Crippen molar-refractivity contribution >= 4 is 21.8 Å². The molecular formula is C21H24BrN3O3. The number of carbonyl (C=O) groups excluding carboxylic acids is 1. The maximum absolute atomic E-state index is 12.3. The highest BCUT2D eigenvalue weighted by Gasteiger charge is 2.14. The first-order valence-corrected chi connectivity index (χ1v) is 9.91. The number of furan rings is 1. The fourth-order valence-electron chi connectivity index (χ4n) is 2.86. The highest BCUT2D eigenvalue weighted by molar-refractivity contribution is 9.10. The molecule has 2 aromatic heterocycles. The van der Waals surface area contributed by atoms with Gasteiger partial charge in [-0.05, 0) is 58.1 Å². The first-order chi connectivity index (χ1) is 13.3. The predicted octanol–water partition coefficient (Wildman–Crippen LogP) is 4.72. The lowest BCUT2D eigenvalue weighted by Crippen LogP contribution is -2.23. The molecule has 0 atom stereocenters. The third-order valence-corrected chi connectivity index (χ3v) is 5.14. The van der Waals surface area contributed by atoms with Gasteiger partial charge in [-0.15, -0.1) is 0 Å². The van der Waals surface area contributed by atoms with Crippen LogP contribution in [-0.4, -0.2) is 15.7 Å². The van der Waals surface area contributed by atoms with E-state index >= 15 is 0 Å². The number of halogens is 1. The average Bonchev–Trinajstić information content (AvgIpc) is 3.25. The molecule has 28 heavy (non-hydrogen) atoms. The van der Waals surface area contributed by atoms with Gasteiger partial charge in [-0.1, -0.05) is 26.0 Å². The van der Waals surface area contributed by atoms with Crippen LogP contribution in [0.15, 0.2) is 45.4 Å². The molecule has 1 N–H and O–H groups in total. The number of ether oxygens (including phenoxy) is 1. The Labute approximate surface area is 173 Å². The quantitative estimate of drug-likeness (QED) is 0.571. The second-order valence-electron chi connectivity index (χ2n) is 7.00. The van der Waals surface area contributed by atoms with Crippen molar-refractivity contribution in [3.8, 4) is 5.75 Å². The van der Waals surface area contributed by atoms with Crippen LogP contribution in [0.2, 0.25) is 0 Å². The van der Waals surface area contributed by atoms with Gasteiger partial charge >= 0.3 is 0 Å². The number of benzene rings is 1. The summed E-state index contributed by atoms with van der Waals surface area (Å²) < 4.78 is 14.2. The Morgan fingerprint density at radius 1 is 1.32 bits per heavy atom. The number of hydrogen-bond acceptors (Lipinski definition) is 4. The lowest BCUT2D eigenvalue weighted by Gasteiger charge is -2.14. The molecule has 0 fully saturated rings. The minimum absolute atomic E-state index is 0.255. The Balaban J connectivity index is 1.61. The average molecular weight is 446 g/mol. The van der Waals surface area contributed by atoms with E-state index in [0.717, 1.165) is 27.0 Å². The predicted molar refractivity (Wildman–Crippen MR) is 110 cm³/mol. The van der Waals surface area contributed by atoms with Crippen LogP contribution in [0.5, 0.6) is 5.75 Å². The number of hydrogen-bond donors (Lipinski definition) is 1. The number of carbonyl (C=O) groups is 1. The fourth-order valence-corrected chi connectivity index (χ4v) is 3.34. The summed E-state index contributed by atoms with van der Waals surface area (Å²) in [5.41, 5.74) is 3.17. The van der Waals surface area contributed by atoms with Gasteiger partial charge in [0.05, 0.1) is 22.9 Å². The number of nitrogens with zero attached hydrogens (tertiary/aromatic N) is 2. The SMILES string of the molecule is Cc1ccc(C(C)C)c(OCc2ccc(C(=O)NCc3c(Br)cnn3C)o2)c1. The van der Waals surface area contributed by atoms with E-state index in [2.05, 4.69) is 52.3 Å². The van der Waals surface area contributed by atoms with Gasteiger partial charge in [0.25, 0.3) is 5.91 Å². The minimum atomic E-state index is -0.280. The maximum atomic E-state index is 12.3. The minimum Gasteiger partial charge on any atom is -0.485 e. The van der Waals surface area contributed by atoms with Crippen LogP contribution >= 0.6 is 15.9 Å². The van der Waals surface area contributed by atoms with E-state index in [-0.39, 0.29) is 18.3 Å². The van der Waals surface area contributed by atoms with Crippen LogP contribution in [-0.2, 0) is 20.2 Å². The Morgan fingerprint density at radius 3 is 2.79 bits per heavy atom. The molecule has 3 aromatic rings. The molecule has 0 aliphatic rings. The summed E-state index contributed by atoms with van der Waals surface area (Å²) in [6, 6.07) is 9.62. The van der Waals surface area contributed by atoms with Gasteiger partial charge in [-0.3, -0.25) is 9.48 Å². The van der Waals surface area contributed by atoms with E-state index in [1.165, 1.54) is 0 Å². The van der Waals surface area contributed by atoms with Crippen LogP contribution < -0.4 is 10.1 Å². The molecule has 6 nitrogen and oxygen atoms in total. The second-order valence-corrected chi connectivity index (χ2v) is 7.85. The Kier molecular flexibility index (Phi) is 6.24. The zero-order chi connectivity index (χ0) is 20.3. The highest BCUT2D eigenvalue weighted by atomic mass is 79.9. The van der Waals surface area contributed by atoms with Gasteiger partial charge in [-0.25, -0.2) is 0 Å². The van der Waals surface area contributed by atoms with Crippen LogP contribution in [0.4, 0.5) is 0 Å². The molecule has 0 spiro atoms. The lowest BCUT2D eigenvalue weighted by atomic mass is 10.0. The summed E-state index contributed by atoms with van der Waals surface area (Å²) in [5.74, 6) is 1.78. The molecular weight excluding hydrogens is 422 g/mol. The third-order valence-electron chi connectivity index (χ3n) is 4.47. The largest absolute Gasteiger partial charge is 0.485 e. The molecule has 0 bridgehead atoms. The monoisotopic (exact) mass is 445 g/mol. The van der Waals surface area contributed by atoms with Crippen LogP contribution in [0.3, 0.4) is 0 Å². The molecule has 148 valence electrons. The van der Waals surface area contributed by atoms with Gasteiger partial charge in [-0.2, -0.15) is 5.10 Å². The summed E-state index contributed by atoms with van der Waals surface area (Å²) in [7, 11) is 1.82. The summed E-state index contributed by atoms with van der Waals surface area (Å²) >= 11 is 3.42. The first-order valence-electron chi connectivity index (χ1n) is 9.11. The van der Waals surface area contributed by atoms with Crippen molar-refractivity contribution < 1.29 is 13.9 Å². The van der Waals surface area contributed by atoms with Crippen LogP contribution in [0.1, 0.15) is 52.9 Å². The number of aromatic nitrogens is 2. The van der Waals surface area contributed by atoms with Crippen molar-refractivity contribution in [2.45, 2.75) is 39.8 Å². The molecule has 1 amide bonds. The number of aryl methyl sites for hydroxylation is 2. The van der Waals surface area contributed by atoms with Crippen molar-refractivity contribution in [2.24, 2.45) is 7.05 Å². The van der Waals surface area contributed by atoms with Crippen molar-refractivity contribution in [1.82, 2.24) is 15.1 Å². The second kappa shape index (κ2) is 8.65. The molecule has 3 rings (SSSR count). The zero-order valence-electron chi connectivity index (χ0n) is 16.5. The van der Waals surface area contributed by atoms with E-state index in [4.69, 9.17) is 9.15 Å². The van der Waals surface area contributed by atoms with Crippen molar-refractivity contribution in [1.29, 1.82) is 0 Å². The summed E-state index contributed by atoms with van der Waals surface area (Å²) in [5, 5.41) is 6.97. The van der Waals surface area contributed by atoms with E-state index in [1.54, 1.807) is 23.0 Å². The van der Waals surface area contributed by atoms with Crippen molar-refractivity contribution in [3.05, 3.63) is 69.3 Å². The van der Waals surface area contributed by atoms with Crippen LogP contribution in [0, 0.1) is 6.92 Å². The summed E-state index contributed by atoms with van der Waals surface area (Å²) in [4.78, 5) is 12.3. The topological polar surface area (TPSA) is 69.3 Å². The molecule has 7 heteroatoms. The molecule has 0 aliphatic carbocycles. The summed E-state index contributed by atoms with van der Waals surface area (Å²) in [6.07, 6.45) is 1.69. The fraction of sp³-hybridized carbons (Fsp3) is 0.333. The molecule has 2 heterocycles. The van der Waals surface area contributed by atoms with Crippen molar-refractivity contribution in [2.75, 3.05) is 0 Å². The van der Waals surface area contributed by atoms with Gasteiger partial charge in [0.2, 0.25) is 0 Å². The molecule has 1 aromatic carbocycles. The molecule has 0 saturated heterocycles. The molecule has 0 aliphatic heterocycles. The van der Waals surface area contributed by atoms with Gasteiger partial charge in [0.15, 0.2) is 5.76 Å². The smallest absolute Gasteiger partial charge is 0.287 e. The zero-order valence-corrected chi connectivity index (χ0v) is 18.0.